The first-order valence-corrected chi connectivity index (χ1v) is 8.93. The predicted molar refractivity (Wildman–Crippen MR) is 89.2 cm³/mol. The van der Waals surface area contributed by atoms with Gasteiger partial charge in [-0.1, -0.05) is 0 Å². The largest absolute Gasteiger partial charge is 0.496 e. The first-order chi connectivity index (χ1) is 11.7. The molecule has 134 valence electrons. The average Bonchev–Trinajstić information content (AvgIpc) is 2.52. The molecule has 0 fully saturated rings. The standard InChI is InChI=1S/C15H12BrF2NO5S/c1-24-14-5-3-10(7-11(14)16)25(22,23)19(8-15(20)21)13-4-2-9(17)6-12(13)18/h2-7H,8H2,1H3,(H,20,21). The van der Waals surface area contributed by atoms with Crippen molar-refractivity contribution in [2.45, 2.75) is 4.90 Å². The van der Waals surface area contributed by atoms with Crippen LogP contribution in [0.1, 0.15) is 0 Å². The van der Waals surface area contributed by atoms with Gasteiger partial charge in [0.25, 0.3) is 10.0 Å². The van der Waals surface area contributed by atoms with E-state index in [0.717, 1.165) is 12.1 Å². The van der Waals surface area contributed by atoms with E-state index >= 15 is 0 Å². The Labute approximate surface area is 150 Å². The molecule has 0 aromatic heterocycles. The number of nitrogens with zero attached hydrogens (tertiary/aromatic N) is 1. The lowest BCUT2D eigenvalue weighted by atomic mass is 10.3. The summed E-state index contributed by atoms with van der Waals surface area (Å²) in [4.78, 5) is 10.8. The third-order valence-electron chi connectivity index (χ3n) is 3.17. The highest BCUT2D eigenvalue weighted by atomic mass is 79.9. The number of benzene rings is 2. The van der Waals surface area contributed by atoms with Gasteiger partial charge in [0.05, 0.1) is 22.2 Å². The molecule has 0 saturated heterocycles. The number of carboxylic acid groups (broad SMARTS) is 1. The number of halogens is 3. The Balaban J connectivity index is 2.60. The molecule has 0 spiro atoms. The molecule has 10 heteroatoms. The van der Waals surface area contributed by atoms with Crippen molar-refractivity contribution in [3.8, 4) is 5.75 Å². The number of sulfonamides is 1. The van der Waals surface area contributed by atoms with Crippen molar-refractivity contribution in [1.82, 2.24) is 0 Å². The minimum Gasteiger partial charge on any atom is -0.496 e. The second-order valence-corrected chi connectivity index (χ2v) is 7.51. The second-order valence-electron chi connectivity index (χ2n) is 4.80. The molecule has 6 nitrogen and oxygen atoms in total. The molecule has 1 N–H and O–H groups in total. The Bertz CT molecular complexity index is 920. The number of carbonyl (C=O) groups is 1. The molecule has 25 heavy (non-hydrogen) atoms. The van der Waals surface area contributed by atoms with Crippen LogP contribution in [0, 0.1) is 11.6 Å². The number of carboxylic acids is 1. The third-order valence-corrected chi connectivity index (χ3v) is 5.54. The third kappa shape index (κ3) is 4.07. The Kier molecular flexibility index (Phi) is 5.63. The van der Waals surface area contributed by atoms with Gasteiger partial charge in [0.2, 0.25) is 0 Å². The molecule has 2 aromatic rings. The van der Waals surface area contributed by atoms with E-state index in [1.807, 2.05) is 0 Å². The topological polar surface area (TPSA) is 83.9 Å². The summed E-state index contributed by atoms with van der Waals surface area (Å²) in [6.45, 7) is -1.03. The van der Waals surface area contributed by atoms with Crippen molar-refractivity contribution in [1.29, 1.82) is 0 Å². The number of hydrogen-bond acceptors (Lipinski definition) is 4. The zero-order valence-corrected chi connectivity index (χ0v) is 15.1. The van der Waals surface area contributed by atoms with E-state index in [9.17, 15) is 22.0 Å². The van der Waals surface area contributed by atoms with Gasteiger partial charge in [0.1, 0.15) is 23.9 Å². The van der Waals surface area contributed by atoms with Crippen LogP contribution < -0.4 is 9.04 Å². The van der Waals surface area contributed by atoms with E-state index in [1.165, 1.54) is 25.3 Å². The molecule has 2 aromatic carbocycles. The predicted octanol–water partition coefficient (Wildman–Crippen LogP) is 3.02. The van der Waals surface area contributed by atoms with Crippen LogP contribution in [0.5, 0.6) is 5.75 Å². The Morgan fingerprint density at radius 2 is 1.92 bits per heavy atom. The van der Waals surface area contributed by atoms with Crippen molar-refractivity contribution in [3.05, 3.63) is 52.5 Å². The molecule has 0 atom stereocenters. The monoisotopic (exact) mass is 435 g/mol. The van der Waals surface area contributed by atoms with Crippen LogP contribution in [0.4, 0.5) is 14.5 Å². The molecule has 0 amide bonds. The maximum atomic E-state index is 14.0. The van der Waals surface area contributed by atoms with E-state index < -0.39 is 39.9 Å². The summed E-state index contributed by atoms with van der Waals surface area (Å²) >= 11 is 3.13. The van der Waals surface area contributed by atoms with Crippen LogP contribution in [0.15, 0.2) is 45.8 Å². The van der Waals surface area contributed by atoms with E-state index in [0.29, 0.717) is 20.6 Å². The fourth-order valence-electron chi connectivity index (χ4n) is 2.04. The van der Waals surface area contributed by atoms with Crippen LogP contribution in [-0.4, -0.2) is 33.1 Å². The lowest BCUT2D eigenvalue weighted by Gasteiger charge is -2.23. The quantitative estimate of drug-likeness (QED) is 0.753. The van der Waals surface area contributed by atoms with Gasteiger partial charge in [0.15, 0.2) is 0 Å². The van der Waals surface area contributed by atoms with Crippen molar-refractivity contribution in [2.24, 2.45) is 0 Å². The molecule has 0 radical (unpaired) electrons. The highest BCUT2D eigenvalue weighted by molar-refractivity contribution is 9.10. The highest BCUT2D eigenvalue weighted by Gasteiger charge is 2.30. The van der Waals surface area contributed by atoms with Crippen LogP contribution >= 0.6 is 15.9 Å². The van der Waals surface area contributed by atoms with E-state index in [1.54, 1.807) is 0 Å². The second kappa shape index (κ2) is 7.36. The van der Waals surface area contributed by atoms with Crippen molar-refractivity contribution >= 4 is 37.6 Å². The van der Waals surface area contributed by atoms with Gasteiger partial charge in [-0.25, -0.2) is 17.2 Å². The fourth-order valence-corrected chi connectivity index (χ4v) is 4.18. The first-order valence-electron chi connectivity index (χ1n) is 6.70. The van der Waals surface area contributed by atoms with Crippen molar-refractivity contribution in [3.63, 3.8) is 0 Å². The van der Waals surface area contributed by atoms with Crippen LogP contribution in [0.2, 0.25) is 0 Å². The summed E-state index contributed by atoms with van der Waals surface area (Å²) < 4.78 is 58.4. The Morgan fingerprint density at radius 1 is 1.24 bits per heavy atom. The molecule has 0 aliphatic heterocycles. The lowest BCUT2D eigenvalue weighted by Crippen LogP contribution is -2.36. The fraction of sp³-hybridized carbons (Fsp3) is 0.133. The van der Waals surface area contributed by atoms with Crippen LogP contribution in [0.25, 0.3) is 0 Å². The number of ether oxygens (including phenoxy) is 1. The molecule has 0 heterocycles. The van der Waals surface area contributed by atoms with Crippen molar-refractivity contribution in [2.75, 3.05) is 18.0 Å². The summed E-state index contributed by atoms with van der Waals surface area (Å²) in [6.07, 6.45) is 0. The highest BCUT2D eigenvalue weighted by Crippen LogP contribution is 2.31. The minimum absolute atomic E-state index is 0.287. The summed E-state index contributed by atoms with van der Waals surface area (Å²) in [6, 6.07) is 5.93. The maximum absolute atomic E-state index is 14.0. The molecule has 0 saturated carbocycles. The minimum atomic E-state index is -4.43. The van der Waals surface area contributed by atoms with Gasteiger partial charge in [-0.15, -0.1) is 0 Å². The Hall–Kier alpha value is -2.20. The van der Waals surface area contributed by atoms with E-state index in [2.05, 4.69) is 15.9 Å². The molecule has 0 unspecified atom stereocenters. The number of anilines is 1. The molecule has 0 aliphatic rings. The first kappa shape index (κ1) is 19.1. The summed E-state index contributed by atoms with van der Waals surface area (Å²) in [5.41, 5.74) is -0.573. The van der Waals surface area contributed by atoms with Gasteiger partial charge in [-0.2, -0.15) is 0 Å². The summed E-state index contributed by atoms with van der Waals surface area (Å²) in [5.74, 6) is -3.25. The summed E-state index contributed by atoms with van der Waals surface area (Å²) in [7, 11) is -3.04. The Morgan fingerprint density at radius 3 is 2.44 bits per heavy atom. The lowest BCUT2D eigenvalue weighted by molar-refractivity contribution is -0.135. The van der Waals surface area contributed by atoms with Gasteiger partial charge < -0.3 is 9.84 Å². The van der Waals surface area contributed by atoms with Crippen LogP contribution in [0.3, 0.4) is 0 Å². The molecule has 2 rings (SSSR count). The molecule has 0 bridgehead atoms. The zero-order valence-electron chi connectivity index (χ0n) is 12.7. The molecule has 0 aliphatic carbocycles. The van der Waals surface area contributed by atoms with E-state index in [4.69, 9.17) is 9.84 Å². The van der Waals surface area contributed by atoms with E-state index in [-0.39, 0.29) is 4.90 Å². The van der Waals surface area contributed by atoms with Gasteiger partial charge in [-0.3, -0.25) is 9.10 Å². The summed E-state index contributed by atoms with van der Waals surface area (Å²) in [5, 5.41) is 9.01. The number of aliphatic carboxylic acids is 1. The number of methoxy groups -OCH3 is 1. The van der Waals surface area contributed by atoms with Crippen LogP contribution in [-0.2, 0) is 14.8 Å². The average molecular weight is 436 g/mol. The number of rotatable bonds is 6. The zero-order chi connectivity index (χ0) is 18.8. The maximum Gasteiger partial charge on any atom is 0.324 e. The smallest absolute Gasteiger partial charge is 0.324 e. The van der Waals surface area contributed by atoms with Gasteiger partial charge >= 0.3 is 5.97 Å². The molecular weight excluding hydrogens is 424 g/mol. The molecular formula is C15H12BrF2NO5S. The van der Waals surface area contributed by atoms with Gasteiger partial charge in [0, 0.05) is 6.07 Å². The SMILES string of the molecule is COc1ccc(S(=O)(=O)N(CC(=O)O)c2ccc(F)cc2F)cc1Br. The number of hydrogen-bond donors (Lipinski definition) is 1. The van der Waals surface area contributed by atoms with Gasteiger partial charge in [-0.05, 0) is 46.3 Å². The normalized spacial score (nSPS) is 11.2. The van der Waals surface area contributed by atoms with Crippen molar-refractivity contribution < 1.29 is 31.8 Å².